The summed E-state index contributed by atoms with van der Waals surface area (Å²) in [6.07, 6.45) is 0. The van der Waals surface area contributed by atoms with E-state index in [2.05, 4.69) is 0 Å². The van der Waals surface area contributed by atoms with Crippen LogP contribution in [0, 0.1) is 0 Å². The van der Waals surface area contributed by atoms with Crippen LogP contribution in [0.15, 0.2) is 54.6 Å². The van der Waals surface area contributed by atoms with Crippen LogP contribution in [0.5, 0.6) is 17.2 Å². The summed E-state index contributed by atoms with van der Waals surface area (Å²) < 4.78 is 21.9. The van der Waals surface area contributed by atoms with Gasteiger partial charge in [0.05, 0.1) is 19.8 Å². The van der Waals surface area contributed by atoms with E-state index >= 15 is 0 Å². The molecular weight excluding hydrogens is 296 g/mol. The summed E-state index contributed by atoms with van der Waals surface area (Å²) in [4.78, 5) is 0. The summed E-state index contributed by atoms with van der Waals surface area (Å²) in [5.74, 6) is 2.28. The van der Waals surface area contributed by atoms with Gasteiger partial charge in [0.25, 0.3) is 0 Å². The largest absolute Gasteiger partial charge is 0.491 e. The molecular formula is C18H22O5. The quantitative estimate of drug-likeness (QED) is 0.645. The lowest BCUT2D eigenvalue weighted by Gasteiger charge is -2.10. The molecule has 0 spiro atoms. The Bertz CT molecular complexity index is 544. The fraction of sp³-hybridized carbons (Fsp3) is 0.333. The van der Waals surface area contributed by atoms with Crippen molar-refractivity contribution >= 4 is 0 Å². The Morgan fingerprint density at radius 1 is 0.609 bits per heavy atom. The van der Waals surface area contributed by atoms with Crippen LogP contribution in [0.4, 0.5) is 0 Å². The topological polar surface area (TPSA) is 57.2 Å². The molecule has 2 rings (SSSR count). The SMILES string of the molecule is OCCOCCOc1cccc(OCCOc2ccccc2)c1. The van der Waals surface area contributed by atoms with Crippen molar-refractivity contribution in [2.75, 3.05) is 39.6 Å². The molecule has 0 bridgehead atoms. The van der Waals surface area contributed by atoms with Crippen molar-refractivity contribution in [3.8, 4) is 17.2 Å². The number of ether oxygens (including phenoxy) is 4. The number of rotatable bonds is 11. The molecule has 2 aromatic rings. The summed E-state index contributed by atoms with van der Waals surface area (Å²) in [5.41, 5.74) is 0. The van der Waals surface area contributed by atoms with Gasteiger partial charge < -0.3 is 24.1 Å². The van der Waals surface area contributed by atoms with E-state index in [9.17, 15) is 0 Å². The van der Waals surface area contributed by atoms with Gasteiger partial charge in [0, 0.05) is 6.07 Å². The third-order valence-electron chi connectivity index (χ3n) is 2.90. The van der Waals surface area contributed by atoms with E-state index in [1.54, 1.807) is 0 Å². The van der Waals surface area contributed by atoms with Crippen LogP contribution in [0.25, 0.3) is 0 Å². The molecule has 0 aromatic heterocycles. The highest BCUT2D eigenvalue weighted by atomic mass is 16.5. The van der Waals surface area contributed by atoms with Gasteiger partial charge in [-0.1, -0.05) is 24.3 Å². The van der Waals surface area contributed by atoms with Crippen LogP contribution < -0.4 is 14.2 Å². The predicted octanol–water partition coefficient (Wildman–Crippen LogP) is 2.53. The van der Waals surface area contributed by atoms with E-state index in [1.165, 1.54) is 0 Å². The Labute approximate surface area is 136 Å². The fourth-order valence-corrected chi connectivity index (χ4v) is 1.87. The molecule has 0 amide bonds. The lowest BCUT2D eigenvalue weighted by atomic mass is 10.3. The smallest absolute Gasteiger partial charge is 0.123 e. The third-order valence-corrected chi connectivity index (χ3v) is 2.90. The molecule has 23 heavy (non-hydrogen) atoms. The van der Waals surface area contributed by atoms with Gasteiger partial charge in [0.15, 0.2) is 0 Å². The molecule has 0 aliphatic rings. The zero-order valence-corrected chi connectivity index (χ0v) is 13.0. The number of hydrogen-bond acceptors (Lipinski definition) is 5. The maximum atomic E-state index is 8.60. The minimum atomic E-state index is 0.0222. The maximum Gasteiger partial charge on any atom is 0.123 e. The molecule has 124 valence electrons. The van der Waals surface area contributed by atoms with Crippen molar-refractivity contribution in [3.63, 3.8) is 0 Å². The molecule has 0 atom stereocenters. The summed E-state index contributed by atoms with van der Waals surface area (Å²) in [6, 6.07) is 17.1. The Kier molecular flexibility index (Phi) is 7.80. The number of para-hydroxylation sites is 1. The number of hydrogen-bond donors (Lipinski definition) is 1. The highest BCUT2D eigenvalue weighted by Crippen LogP contribution is 2.19. The highest BCUT2D eigenvalue weighted by Gasteiger charge is 1.99. The standard InChI is InChI=1S/C18H22O5/c19-9-10-20-11-12-22-17-7-4-8-18(15-17)23-14-13-21-16-5-2-1-3-6-16/h1-8,15,19H,9-14H2. The maximum absolute atomic E-state index is 8.60. The molecule has 2 aromatic carbocycles. The molecule has 0 saturated heterocycles. The summed E-state index contributed by atoms with van der Waals surface area (Å²) >= 11 is 0. The van der Waals surface area contributed by atoms with Gasteiger partial charge in [-0.25, -0.2) is 0 Å². The van der Waals surface area contributed by atoms with Crippen LogP contribution in [-0.4, -0.2) is 44.7 Å². The van der Waals surface area contributed by atoms with Gasteiger partial charge in [-0.15, -0.1) is 0 Å². The zero-order chi connectivity index (χ0) is 16.2. The summed E-state index contributed by atoms with van der Waals surface area (Å²) in [7, 11) is 0. The molecule has 0 aliphatic heterocycles. The lowest BCUT2D eigenvalue weighted by Crippen LogP contribution is -2.10. The van der Waals surface area contributed by atoms with E-state index in [1.807, 2.05) is 54.6 Å². The summed E-state index contributed by atoms with van der Waals surface area (Å²) in [6.45, 7) is 2.15. The second-order valence-corrected chi connectivity index (χ2v) is 4.67. The van der Waals surface area contributed by atoms with Crippen LogP contribution in [-0.2, 0) is 4.74 Å². The van der Waals surface area contributed by atoms with Gasteiger partial charge >= 0.3 is 0 Å². The van der Waals surface area contributed by atoms with Gasteiger partial charge in [-0.2, -0.15) is 0 Å². The Morgan fingerprint density at radius 2 is 1.17 bits per heavy atom. The van der Waals surface area contributed by atoms with Gasteiger partial charge in [-0.05, 0) is 24.3 Å². The average molecular weight is 318 g/mol. The Hall–Kier alpha value is -2.24. The first-order valence-corrected chi connectivity index (χ1v) is 7.60. The number of benzene rings is 2. The predicted molar refractivity (Wildman–Crippen MR) is 87.3 cm³/mol. The Balaban J connectivity index is 1.66. The third kappa shape index (κ3) is 7.04. The van der Waals surface area contributed by atoms with Crippen LogP contribution >= 0.6 is 0 Å². The fourth-order valence-electron chi connectivity index (χ4n) is 1.87. The molecule has 5 heteroatoms. The highest BCUT2D eigenvalue weighted by molar-refractivity contribution is 5.32. The van der Waals surface area contributed by atoms with E-state index < -0.39 is 0 Å². The van der Waals surface area contributed by atoms with Crippen LogP contribution in [0.2, 0.25) is 0 Å². The van der Waals surface area contributed by atoms with Gasteiger partial charge in [0.2, 0.25) is 0 Å². The average Bonchev–Trinajstić information content (AvgIpc) is 2.60. The number of aliphatic hydroxyl groups is 1. The first kappa shape index (κ1) is 17.1. The summed E-state index contributed by atoms with van der Waals surface area (Å²) in [5, 5.41) is 8.60. The van der Waals surface area contributed by atoms with E-state index in [4.69, 9.17) is 24.1 Å². The van der Waals surface area contributed by atoms with Crippen molar-refractivity contribution < 1.29 is 24.1 Å². The van der Waals surface area contributed by atoms with Crippen molar-refractivity contribution in [3.05, 3.63) is 54.6 Å². The van der Waals surface area contributed by atoms with Crippen molar-refractivity contribution in [2.45, 2.75) is 0 Å². The molecule has 0 radical (unpaired) electrons. The molecule has 0 saturated carbocycles. The monoisotopic (exact) mass is 318 g/mol. The van der Waals surface area contributed by atoms with E-state index in [0.29, 0.717) is 33.0 Å². The van der Waals surface area contributed by atoms with Crippen LogP contribution in [0.3, 0.4) is 0 Å². The lowest BCUT2D eigenvalue weighted by molar-refractivity contribution is 0.0704. The van der Waals surface area contributed by atoms with E-state index in [-0.39, 0.29) is 6.61 Å². The van der Waals surface area contributed by atoms with Crippen molar-refractivity contribution in [1.82, 2.24) is 0 Å². The molecule has 1 N–H and O–H groups in total. The molecule has 0 fully saturated rings. The normalized spacial score (nSPS) is 10.3. The van der Waals surface area contributed by atoms with Crippen molar-refractivity contribution in [1.29, 1.82) is 0 Å². The van der Waals surface area contributed by atoms with Crippen molar-refractivity contribution in [2.24, 2.45) is 0 Å². The minimum Gasteiger partial charge on any atom is -0.491 e. The zero-order valence-electron chi connectivity index (χ0n) is 13.0. The van der Waals surface area contributed by atoms with Gasteiger partial charge in [0.1, 0.15) is 37.1 Å². The first-order valence-electron chi connectivity index (χ1n) is 7.60. The number of aliphatic hydroxyl groups excluding tert-OH is 1. The van der Waals surface area contributed by atoms with Crippen LogP contribution in [0.1, 0.15) is 0 Å². The molecule has 5 nitrogen and oxygen atoms in total. The Morgan fingerprint density at radius 3 is 1.83 bits per heavy atom. The molecule has 0 heterocycles. The minimum absolute atomic E-state index is 0.0222. The molecule has 0 unspecified atom stereocenters. The molecule has 0 aliphatic carbocycles. The van der Waals surface area contributed by atoms with Gasteiger partial charge in [-0.3, -0.25) is 0 Å². The van der Waals surface area contributed by atoms with E-state index in [0.717, 1.165) is 17.2 Å². The second kappa shape index (κ2) is 10.5. The second-order valence-electron chi connectivity index (χ2n) is 4.67. The first-order chi connectivity index (χ1) is 11.4.